The number of halogens is 3. The molecule has 0 spiro atoms. The third-order valence-electron chi connectivity index (χ3n) is 6.19. The summed E-state index contributed by atoms with van der Waals surface area (Å²) in [5.41, 5.74) is 11.4. The summed E-state index contributed by atoms with van der Waals surface area (Å²) in [7, 11) is 0. The van der Waals surface area contributed by atoms with Crippen molar-refractivity contribution >= 4 is 17.3 Å². The highest BCUT2D eigenvalue weighted by atomic mass is 19.4. The summed E-state index contributed by atoms with van der Waals surface area (Å²) in [6, 6.07) is 30.9. The predicted octanol–water partition coefficient (Wildman–Crippen LogP) is 6.19. The molecule has 43 heavy (non-hydrogen) atoms. The number of aliphatic imine (C=N–C) groups is 1. The minimum atomic E-state index is -4.75. The van der Waals surface area contributed by atoms with Gasteiger partial charge in [-0.1, -0.05) is 48.5 Å². The maximum atomic E-state index is 12.4. The fourth-order valence-electron chi connectivity index (χ4n) is 4.14. The number of para-hydroxylation sites is 1. The second-order valence-electron chi connectivity index (χ2n) is 9.27. The Bertz CT molecular complexity index is 1640. The summed E-state index contributed by atoms with van der Waals surface area (Å²) in [5, 5.41) is 10.7. The van der Waals surface area contributed by atoms with Crippen molar-refractivity contribution in [1.82, 2.24) is 14.8 Å². The highest BCUT2D eigenvalue weighted by Crippen LogP contribution is 2.24. The molecule has 0 unspecified atom stereocenters. The van der Waals surface area contributed by atoms with E-state index in [0.29, 0.717) is 11.5 Å². The molecule has 0 atom stereocenters. The normalized spacial score (nSPS) is 11.7. The minimum absolute atomic E-state index is 0.0649. The van der Waals surface area contributed by atoms with Gasteiger partial charge >= 0.3 is 6.36 Å². The van der Waals surface area contributed by atoms with E-state index in [-0.39, 0.29) is 25.2 Å². The van der Waals surface area contributed by atoms with Crippen LogP contribution in [0.5, 0.6) is 5.75 Å². The molecule has 0 aliphatic rings. The molecule has 220 valence electrons. The molecule has 0 aliphatic heterocycles. The predicted molar refractivity (Wildman–Crippen MR) is 159 cm³/mol. The van der Waals surface area contributed by atoms with Gasteiger partial charge in [-0.25, -0.2) is 14.7 Å². The molecule has 1 heterocycles. The SMILES string of the molecule is NC(=NCOCNc1ccc(-c2ncn(-c3ccc(OC(F)(F)F)cc3)n2)cc1)Nc1ccccc1Cc1ccccc1. The second kappa shape index (κ2) is 13.5. The van der Waals surface area contributed by atoms with E-state index in [2.05, 4.69) is 48.6 Å². The summed E-state index contributed by atoms with van der Waals surface area (Å²) < 4.78 is 48.0. The first-order valence-electron chi connectivity index (χ1n) is 13.2. The van der Waals surface area contributed by atoms with Crippen LogP contribution in [0.2, 0.25) is 0 Å². The van der Waals surface area contributed by atoms with Crippen molar-refractivity contribution in [2.75, 3.05) is 24.1 Å². The van der Waals surface area contributed by atoms with Gasteiger partial charge in [0.05, 0.1) is 5.69 Å². The molecule has 4 N–H and O–H groups in total. The van der Waals surface area contributed by atoms with E-state index < -0.39 is 6.36 Å². The average Bonchev–Trinajstić information content (AvgIpc) is 3.49. The average molecular weight is 588 g/mol. The lowest BCUT2D eigenvalue weighted by Gasteiger charge is -2.12. The maximum absolute atomic E-state index is 12.4. The Balaban J connectivity index is 1.08. The first-order chi connectivity index (χ1) is 20.8. The Morgan fingerprint density at radius 3 is 2.35 bits per heavy atom. The van der Waals surface area contributed by atoms with E-state index >= 15 is 0 Å². The Morgan fingerprint density at radius 1 is 0.884 bits per heavy atom. The molecule has 5 rings (SSSR count). The molecule has 0 aliphatic carbocycles. The number of nitrogens with one attached hydrogen (secondary N) is 2. The van der Waals surface area contributed by atoms with Gasteiger partial charge in [0.25, 0.3) is 0 Å². The van der Waals surface area contributed by atoms with Crippen LogP contribution in [-0.4, -0.2) is 40.5 Å². The molecule has 0 fully saturated rings. The summed E-state index contributed by atoms with van der Waals surface area (Å²) in [4.78, 5) is 8.54. The van der Waals surface area contributed by atoms with Crippen LogP contribution in [-0.2, 0) is 11.2 Å². The van der Waals surface area contributed by atoms with Crippen LogP contribution in [0.3, 0.4) is 0 Å². The standard InChI is InChI=1S/C31H28F3N7O2/c32-31(33,34)43-27-16-14-26(15-17-27)41-19-36-29(40-41)23-10-12-25(13-11-23)37-20-42-21-38-30(35)39-28-9-5-4-8-24(28)18-22-6-2-1-3-7-22/h1-17,19,37H,18,20-21H2,(H3,35,38,39). The van der Waals surface area contributed by atoms with Crippen molar-refractivity contribution in [3.05, 3.63) is 121 Å². The first-order valence-corrected chi connectivity index (χ1v) is 13.2. The van der Waals surface area contributed by atoms with Gasteiger partial charge in [-0.05, 0) is 72.1 Å². The largest absolute Gasteiger partial charge is 0.573 e. The number of guanidine groups is 1. The molecule has 0 amide bonds. The molecule has 9 nitrogen and oxygen atoms in total. The van der Waals surface area contributed by atoms with Crippen LogP contribution in [0, 0.1) is 0 Å². The number of benzene rings is 4. The van der Waals surface area contributed by atoms with E-state index in [1.54, 1.807) is 0 Å². The van der Waals surface area contributed by atoms with Gasteiger partial charge in [0.2, 0.25) is 0 Å². The van der Waals surface area contributed by atoms with E-state index in [9.17, 15) is 13.2 Å². The highest BCUT2D eigenvalue weighted by molar-refractivity contribution is 5.93. The van der Waals surface area contributed by atoms with Gasteiger partial charge in [0.15, 0.2) is 11.8 Å². The second-order valence-corrected chi connectivity index (χ2v) is 9.27. The number of ether oxygens (including phenoxy) is 2. The van der Waals surface area contributed by atoms with Crippen molar-refractivity contribution in [2.24, 2.45) is 10.7 Å². The van der Waals surface area contributed by atoms with Crippen molar-refractivity contribution in [1.29, 1.82) is 0 Å². The lowest BCUT2D eigenvalue weighted by atomic mass is 10.0. The van der Waals surface area contributed by atoms with Gasteiger partial charge in [-0.2, -0.15) is 0 Å². The molecule has 5 aromatic rings. The summed E-state index contributed by atoms with van der Waals surface area (Å²) in [5.74, 6) is 0.402. The number of rotatable bonds is 11. The molecule has 12 heteroatoms. The Morgan fingerprint density at radius 2 is 1.60 bits per heavy atom. The third-order valence-corrected chi connectivity index (χ3v) is 6.19. The van der Waals surface area contributed by atoms with Gasteiger partial charge in [0.1, 0.15) is 25.5 Å². The Kier molecular flexibility index (Phi) is 9.17. The zero-order valence-electron chi connectivity index (χ0n) is 22.8. The van der Waals surface area contributed by atoms with Crippen LogP contribution in [0.1, 0.15) is 11.1 Å². The first kappa shape index (κ1) is 29.1. The molecule has 0 radical (unpaired) electrons. The summed E-state index contributed by atoms with van der Waals surface area (Å²) in [6.07, 6.45) is -2.49. The number of nitrogens with zero attached hydrogens (tertiary/aromatic N) is 4. The number of nitrogens with two attached hydrogens (primary N) is 1. The fraction of sp³-hybridized carbons (Fsp3) is 0.129. The molecule has 0 bridgehead atoms. The van der Waals surface area contributed by atoms with Crippen molar-refractivity contribution in [3.8, 4) is 22.8 Å². The number of hydrogen-bond donors (Lipinski definition) is 3. The lowest BCUT2D eigenvalue weighted by Crippen LogP contribution is -2.24. The third kappa shape index (κ3) is 8.57. The van der Waals surface area contributed by atoms with E-state index in [0.717, 1.165) is 28.9 Å². The number of hydrogen-bond acceptors (Lipinski definition) is 6. The number of alkyl halides is 3. The van der Waals surface area contributed by atoms with Crippen LogP contribution < -0.4 is 21.1 Å². The van der Waals surface area contributed by atoms with Crippen LogP contribution in [0.25, 0.3) is 17.1 Å². The zero-order valence-corrected chi connectivity index (χ0v) is 22.8. The lowest BCUT2D eigenvalue weighted by molar-refractivity contribution is -0.274. The zero-order chi connectivity index (χ0) is 30.1. The molecule has 0 saturated heterocycles. The van der Waals surface area contributed by atoms with Gasteiger partial charge in [-0.3, -0.25) is 0 Å². The van der Waals surface area contributed by atoms with Crippen LogP contribution in [0.4, 0.5) is 24.5 Å². The molecular formula is C31H28F3N7O2. The topological polar surface area (TPSA) is 112 Å². The number of aromatic nitrogens is 3. The molecule has 4 aromatic carbocycles. The molecule has 1 aromatic heterocycles. The van der Waals surface area contributed by atoms with E-state index in [1.807, 2.05) is 60.7 Å². The molecule has 0 saturated carbocycles. The van der Waals surface area contributed by atoms with Gasteiger partial charge < -0.3 is 25.8 Å². The van der Waals surface area contributed by atoms with Crippen molar-refractivity contribution < 1.29 is 22.6 Å². The quantitative estimate of drug-likeness (QED) is 0.0731. The number of anilines is 2. The monoisotopic (exact) mass is 587 g/mol. The Hall–Kier alpha value is -5.36. The Labute approximate surface area is 245 Å². The minimum Gasteiger partial charge on any atom is -0.406 e. The summed E-state index contributed by atoms with van der Waals surface area (Å²) >= 11 is 0. The highest BCUT2D eigenvalue weighted by Gasteiger charge is 2.31. The van der Waals surface area contributed by atoms with E-state index in [4.69, 9.17) is 10.5 Å². The van der Waals surface area contributed by atoms with Crippen molar-refractivity contribution in [3.63, 3.8) is 0 Å². The van der Waals surface area contributed by atoms with Gasteiger partial charge in [-0.15, -0.1) is 18.3 Å². The fourth-order valence-corrected chi connectivity index (χ4v) is 4.14. The summed E-state index contributed by atoms with van der Waals surface area (Å²) in [6.45, 7) is 0.275. The van der Waals surface area contributed by atoms with Crippen LogP contribution >= 0.6 is 0 Å². The van der Waals surface area contributed by atoms with Crippen LogP contribution in [0.15, 0.2) is 114 Å². The van der Waals surface area contributed by atoms with Crippen molar-refractivity contribution in [2.45, 2.75) is 12.8 Å². The maximum Gasteiger partial charge on any atom is 0.573 e. The van der Waals surface area contributed by atoms with Gasteiger partial charge in [0, 0.05) is 16.9 Å². The molecular weight excluding hydrogens is 559 g/mol. The smallest absolute Gasteiger partial charge is 0.406 e. The van der Waals surface area contributed by atoms with E-state index in [1.165, 1.54) is 40.8 Å².